The van der Waals surface area contributed by atoms with Gasteiger partial charge in [-0.3, -0.25) is 4.79 Å². The Morgan fingerprint density at radius 3 is 2.38 bits per heavy atom. The van der Waals surface area contributed by atoms with Crippen molar-refractivity contribution in [3.05, 3.63) is 71.3 Å². The first kappa shape index (κ1) is 14.0. The quantitative estimate of drug-likeness (QED) is 0.873. The van der Waals surface area contributed by atoms with Crippen LogP contribution in [0.5, 0.6) is 0 Å². The third kappa shape index (κ3) is 3.79. The van der Waals surface area contributed by atoms with Gasteiger partial charge in [-0.1, -0.05) is 18.2 Å². The Hall–Kier alpha value is -3.37. The Balaban J connectivity index is 2.06. The maximum atomic E-state index is 11.8. The molecule has 21 heavy (non-hydrogen) atoms. The van der Waals surface area contributed by atoms with Crippen LogP contribution in [0.1, 0.15) is 16.7 Å². The fourth-order valence-corrected chi connectivity index (χ4v) is 1.72. The van der Waals surface area contributed by atoms with E-state index in [2.05, 4.69) is 11.4 Å². The van der Waals surface area contributed by atoms with Crippen LogP contribution in [0.25, 0.3) is 6.08 Å². The molecular weight excluding hydrogens is 262 g/mol. The molecule has 0 unspecified atom stereocenters. The SMILES string of the molecule is N#Cc1ccc(NC(=O)C=Cc2ccccc2C#N)cc1. The fourth-order valence-electron chi connectivity index (χ4n) is 1.72. The predicted molar refractivity (Wildman–Crippen MR) is 80.0 cm³/mol. The van der Waals surface area contributed by atoms with Gasteiger partial charge in [0, 0.05) is 11.8 Å². The van der Waals surface area contributed by atoms with E-state index in [9.17, 15) is 4.79 Å². The lowest BCUT2D eigenvalue weighted by atomic mass is 10.1. The van der Waals surface area contributed by atoms with Crippen molar-refractivity contribution < 1.29 is 4.79 Å². The molecule has 0 aliphatic carbocycles. The average Bonchev–Trinajstić information content (AvgIpc) is 2.54. The molecule has 0 bridgehead atoms. The van der Waals surface area contributed by atoms with E-state index >= 15 is 0 Å². The van der Waals surface area contributed by atoms with Gasteiger partial charge in [0.25, 0.3) is 0 Å². The van der Waals surface area contributed by atoms with Crippen molar-refractivity contribution in [1.29, 1.82) is 10.5 Å². The number of carbonyl (C=O) groups is 1. The molecule has 0 saturated heterocycles. The van der Waals surface area contributed by atoms with Crippen LogP contribution in [-0.2, 0) is 4.79 Å². The van der Waals surface area contributed by atoms with Gasteiger partial charge < -0.3 is 5.32 Å². The van der Waals surface area contributed by atoms with Crippen molar-refractivity contribution in [3.63, 3.8) is 0 Å². The molecule has 1 amide bonds. The number of benzene rings is 2. The van der Waals surface area contributed by atoms with Gasteiger partial charge in [-0.25, -0.2) is 0 Å². The fraction of sp³-hybridized carbons (Fsp3) is 0. The zero-order valence-electron chi connectivity index (χ0n) is 11.1. The molecule has 4 nitrogen and oxygen atoms in total. The summed E-state index contributed by atoms with van der Waals surface area (Å²) in [6.45, 7) is 0. The molecule has 0 heterocycles. The number of hydrogen-bond acceptors (Lipinski definition) is 3. The van der Waals surface area contributed by atoms with Gasteiger partial charge in [-0.15, -0.1) is 0 Å². The van der Waals surface area contributed by atoms with Gasteiger partial charge in [0.2, 0.25) is 5.91 Å². The predicted octanol–water partition coefficient (Wildman–Crippen LogP) is 3.08. The minimum Gasteiger partial charge on any atom is -0.323 e. The lowest BCUT2D eigenvalue weighted by molar-refractivity contribution is -0.111. The van der Waals surface area contributed by atoms with Gasteiger partial charge in [0.15, 0.2) is 0 Å². The molecule has 0 saturated carbocycles. The summed E-state index contributed by atoms with van der Waals surface area (Å²) >= 11 is 0. The summed E-state index contributed by atoms with van der Waals surface area (Å²) in [5, 5.41) is 20.3. The summed E-state index contributed by atoms with van der Waals surface area (Å²) in [6, 6.07) is 17.7. The van der Waals surface area contributed by atoms with E-state index in [1.165, 1.54) is 6.08 Å². The van der Waals surface area contributed by atoms with Crippen LogP contribution in [0.15, 0.2) is 54.6 Å². The molecule has 2 aromatic carbocycles. The van der Waals surface area contributed by atoms with E-state index in [4.69, 9.17) is 10.5 Å². The zero-order valence-corrected chi connectivity index (χ0v) is 11.1. The summed E-state index contributed by atoms with van der Waals surface area (Å²) in [6.07, 6.45) is 2.96. The van der Waals surface area contributed by atoms with E-state index in [1.54, 1.807) is 54.6 Å². The standard InChI is InChI=1S/C17H11N3O/c18-11-13-5-8-16(9-6-13)20-17(21)10-7-14-3-1-2-4-15(14)12-19/h1-10H,(H,20,21). The minimum absolute atomic E-state index is 0.299. The summed E-state index contributed by atoms with van der Waals surface area (Å²) in [7, 11) is 0. The number of nitriles is 2. The highest BCUT2D eigenvalue weighted by Crippen LogP contribution is 2.11. The van der Waals surface area contributed by atoms with Crippen LogP contribution in [0, 0.1) is 22.7 Å². The maximum absolute atomic E-state index is 11.8. The van der Waals surface area contributed by atoms with Crippen LogP contribution < -0.4 is 5.32 Å². The monoisotopic (exact) mass is 273 g/mol. The second kappa shape index (κ2) is 6.70. The average molecular weight is 273 g/mol. The van der Waals surface area contributed by atoms with Crippen molar-refractivity contribution in [1.82, 2.24) is 0 Å². The van der Waals surface area contributed by atoms with Crippen LogP contribution in [0.3, 0.4) is 0 Å². The number of nitrogens with zero attached hydrogens (tertiary/aromatic N) is 2. The second-order valence-corrected chi connectivity index (χ2v) is 4.21. The first-order valence-corrected chi connectivity index (χ1v) is 6.21. The molecule has 1 N–H and O–H groups in total. The largest absolute Gasteiger partial charge is 0.323 e. The molecule has 0 radical (unpaired) electrons. The highest BCUT2D eigenvalue weighted by Gasteiger charge is 2.00. The number of nitrogens with one attached hydrogen (secondary N) is 1. The first-order chi connectivity index (χ1) is 10.2. The number of hydrogen-bond donors (Lipinski definition) is 1. The summed E-state index contributed by atoms with van der Waals surface area (Å²) < 4.78 is 0. The van der Waals surface area contributed by atoms with Crippen LogP contribution in [0.2, 0.25) is 0 Å². The summed E-state index contributed by atoms with van der Waals surface area (Å²) in [5.74, 6) is -0.299. The lowest BCUT2D eigenvalue weighted by Gasteiger charge is -2.02. The normalized spacial score (nSPS) is 9.81. The Labute approximate surface area is 122 Å². The molecule has 2 aromatic rings. The molecule has 2 rings (SSSR count). The zero-order chi connectivity index (χ0) is 15.1. The van der Waals surface area contributed by atoms with Crippen molar-refractivity contribution in [2.24, 2.45) is 0 Å². The highest BCUT2D eigenvalue weighted by atomic mass is 16.1. The van der Waals surface area contributed by atoms with Crippen molar-refractivity contribution in [2.45, 2.75) is 0 Å². The van der Waals surface area contributed by atoms with Crippen LogP contribution in [-0.4, -0.2) is 5.91 Å². The van der Waals surface area contributed by atoms with Gasteiger partial charge in [-0.2, -0.15) is 10.5 Å². The van der Waals surface area contributed by atoms with Gasteiger partial charge >= 0.3 is 0 Å². The van der Waals surface area contributed by atoms with Gasteiger partial charge in [0.05, 0.1) is 23.3 Å². The van der Waals surface area contributed by atoms with E-state index in [0.29, 0.717) is 22.4 Å². The number of carbonyl (C=O) groups excluding carboxylic acids is 1. The maximum Gasteiger partial charge on any atom is 0.248 e. The van der Waals surface area contributed by atoms with E-state index in [1.807, 2.05) is 6.07 Å². The van der Waals surface area contributed by atoms with E-state index in [0.717, 1.165) is 0 Å². The van der Waals surface area contributed by atoms with Crippen molar-refractivity contribution >= 4 is 17.7 Å². The smallest absolute Gasteiger partial charge is 0.248 e. The van der Waals surface area contributed by atoms with Gasteiger partial charge in [-0.05, 0) is 42.0 Å². The number of amides is 1. The Morgan fingerprint density at radius 1 is 1.00 bits per heavy atom. The molecular formula is C17H11N3O. The third-order valence-electron chi connectivity index (χ3n) is 2.78. The second-order valence-electron chi connectivity index (χ2n) is 4.21. The van der Waals surface area contributed by atoms with E-state index < -0.39 is 0 Å². The first-order valence-electron chi connectivity index (χ1n) is 6.21. The molecule has 0 aromatic heterocycles. The summed E-state index contributed by atoms with van der Waals surface area (Å²) in [5.41, 5.74) is 2.35. The highest BCUT2D eigenvalue weighted by molar-refractivity contribution is 6.02. The number of rotatable bonds is 3. The third-order valence-corrected chi connectivity index (χ3v) is 2.78. The topological polar surface area (TPSA) is 76.7 Å². The molecule has 0 aliphatic heterocycles. The Bertz CT molecular complexity index is 762. The van der Waals surface area contributed by atoms with Gasteiger partial charge in [0.1, 0.15) is 0 Å². The molecule has 0 fully saturated rings. The molecule has 100 valence electrons. The van der Waals surface area contributed by atoms with Crippen LogP contribution >= 0.6 is 0 Å². The lowest BCUT2D eigenvalue weighted by Crippen LogP contribution is -2.07. The Morgan fingerprint density at radius 2 is 1.71 bits per heavy atom. The van der Waals surface area contributed by atoms with Crippen molar-refractivity contribution in [2.75, 3.05) is 5.32 Å². The minimum atomic E-state index is -0.299. The van der Waals surface area contributed by atoms with Crippen LogP contribution in [0.4, 0.5) is 5.69 Å². The summed E-state index contributed by atoms with van der Waals surface area (Å²) in [4.78, 5) is 11.8. The van der Waals surface area contributed by atoms with Crippen molar-refractivity contribution in [3.8, 4) is 12.1 Å². The Kier molecular flexibility index (Phi) is 4.48. The van der Waals surface area contributed by atoms with E-state index in [-0.39, 0.29) is 5.91 Å². The molecule has 0 spiro atoms. The number of anilines is 1. The molecule has 0 aliphatic rings. The molecule has 4 heteroatoms. The molecule has 0 atom stereocenters.